The maximum atomic E-state index is 12.0. The smallest absolute Gasteiger partial charge is 0.254 e. The second kappa shape index (κ2) is 3.73. The Morgan fingerprint density at radius 1 is 1.45 bits per heavy atom. The lowest BCUT2D eigenvalue weighted by Crippen LogP contribution is -2.38. The molecular formula is C13H12ClN5O. The van der Waals surface area contributed by atoms with Crippen LogP contribution in [-0.2, 0) is 5.41 Å². The molecule has 0 saturated heterocycles. The van der Waals surface area contributed by atoms with Crippen molar-refractivity contribution >= 4 is 23.3 Å². The summed E-state index contributed by atoms with van der Waals surface area (Å²) < 4.78 is 1.62. The van der Waals surface area contributed by atoms with Gasteiger partial charge in [-0.3, -0.25) is 4.79 Å². The third-order valence-corrected chi connectivity index (χ3v) is 4.30. The molecule has 1 amide bonds. The topological polar surface area (TPSA) is 85.8 Å². The van der Waals surface area contributed by atoms with Gasteiger partial charge in [0.15, 0.2) is 0 Å². The minimum absolute atomic E-state index is 0.0273. The number of nitrogens with one attached hydrogen (secondary N) is 1. The van der Waals surface area contributed by atoms with E-state index in [9.17, 15) is 4.79 Å². The lowest BCUT2D eigenvalue weighted by molar-refractivity contribution is 0.0937. The van der Waals surface area contributed by atoms with Crippen LogP contribution in [0.4, 0.5) is 5.82 Å². The SMILES string of the molecule is Nc1cc(-n2cc3c(n2)C2(CC2)CNC3=O)c(Cl)cn1. The Morgan fingerprint density at radius 3 is 3.00 bits per heavy atom. The highest BCUT2D eigenvalue weighted by Gasteiger charge is 2.51. The molecule has 20 heavy (non-hydrogen) atoms. The summed E-state index contributed by atoms with van der Waals surface area (Å²) in [5.41, 5.74) is 7.85. The molecule has 2 aliphatic rings. The van der Waals surface area contributed by atoms with Gasteiger partial charge in [0.25, 0.3) is 5.91 Å². The number of aromatic nitrogens is 3. The molecule has 1 aliphatic heterocycles. The minimum atomic E-state index is -0.0816. The predicted octanol–water partition coefficient (Wildman–Crippen LogP) is 1.28. The Bertz CT molecular complexity index is 734. The number of amides is 1. The average molecular weight is 290 g/mol. The first-order valence-corrected chi connectivity index (χ1v) is 6.77. The zero-order valence-electron chi connectivity index (χ0n) is 10.6. The molecule has 1 saturated carbocycles. The van der Waals surface area contributed by atoms with Gasteiger partial charge in [-0.15, -0.1) is 0 Å². The van der Waals surface area contributed by atoms with Crippen molar-refractivity contribution in [2.75, 3.05) is 12.3 Å². The van der Waals surface area contributed by atoms with Gasteiger partial charge in [0.05, 0.1) is 28.2 Å². The van der Waals surface area contributed by atoms with Crippen LogP contribution < -0.4 is 11.1 Å². The molecule has 1 fully saturated rings. The fourth-order valence-electron chi connectivity index (χ4n) is 2.67. The van der Waals surface area contributed by atoms with Crippen molar-refractivity contribution in [1.29, 1.82) is 0 Å². The number of nitrogens with zero attached hydrogens (tertiary/aromatic N) is 3. The molecule has 3 heterocycles. The molecule has 0 radical (unpaired) electrons. The van der Waals surface area contributed by atoms with Crippen molar-refractivity contribution in [3.05, 3.63) is 34.7 Å². The maximum Gasteiger partial charge on any atom is 0.254 e. The number of carbonyl (C=O) groups excluding carboxylic acids is 1. The summed E-state index contributed by atoms with van der Waals surface area (Å²) in [6.45, 7) is 0.669. The van der Waals surface area contributed by atoms with Gasteiger partial charge in [0, 0.05) is 24.2 Å². The molecule has 6 nitrogen and oxygen atoms in total. The molecule has 0 aromatic carbocycles. The molecule has 0 atom stereocenters. The van der Waals surface area contributed by atoms with Gasteiger partial charge in [-0.1, -0.05) is 11.6 Å². The molecule has 2 aromatic rings. The monoisotopic (exact) mass is 289 g/mol. The number of rotatable bonds is 1. The number of fused-ring (bicyclic) bond motifs is 2. The quantitative estimate of drug-likeness (QED) is 0.828. The van der Waals surface area contributed by atoms with Gasteiger partial charge in [0.1, 0.15) is 5.82 Å². The van der Waals surface area contributed by atoms with Crippen LogP contribution in [0.25, 0.3) is 5.69 Å². The van der Waals surface area contributed by atoms with Crippen molar-refractivity contribution in [1.82, 2.24) is 20.1 Å². The van der Waals surface area contributed by atoms with Gasteiger partial charge in [-0.2, -0.15) is 5.10 Å². The molecule has 1 aliphatic carbocycles. The molecule has 1 spiro atoms. The van der Waals surface area contributed by atoms with E-state index in [1.165, 1.54) is 6.20 Å². The molecule has 102 valence electrons. The Morgan fingerprint density at radius 2 is 2.25 bits per heavy atom. The zero-order chi connectivity index (χ0) is 13.9. The van der Waals surface area contributed by atoms with Crippen molar-refractivity contribution < 1.29 is 4.79 Å². The third kappa shape index (κ3) is 1.54. The molecule has 7 heteroatoms. The van der Waals surface area contributed by atoms with Crippen LogP contribution in [0.5, 0.6) is 0 Å². The fourth-order valence-corrected chi connectivity index (χ4v) is 2.86. The van der Waals surface area contributed by atoms with Crippen LogP contribution in [0.15, 0.2) is 18.5 Å². The van der Waals surface area contributed by atoms with Crippen molar-refractivity contribution in [2.45, 2.75) is 18.3 Å². The molecule has 2 aromatic heterocycles. The highest BCUT2D eigenvalue weighted by Crippen LogP contribution is 2.49. The van der Waals surface area contributed by atoms with Gasteiger partial charge < -0.3 is 11.1 Å². The van der Waals surface area contributed by atoms with E-state index in [1.807, 2.05) is 0 Å². The average Bonchev–Trinajstić information content (AvgIpc) is 3.06. The largest absolute Gasteiger partial charge is 0.384 e. The second-order valence-corrected chi connectivity index (χ2v) is 5.77. The van der Waals surface area contributed by atoms with Gasteiger partial charge in [-0.25, -0.2) is 9.67 Å². The van der Waals surface area contributed by atoms with Crippen LogP contribution >= 0.6 is 11.6 Å². The molecular weight excluding hydrogens is 278 g/mol. The minimum Gasteiger partial charge on any atom is -0.384 e. The van der Waals surface area contributed by atoms with E-state index >= 15 is 0 Å². The third-order valence-electron chi connectivity index (χ3n) is 4.01. The van der Waals surface area contributed by atoms with Crippen LogP contribution in [-0.4, -0.2) is 27.2 Å². The Kier molecular flexibility index (Phi) is 2.18. The summed E-state index contributed by atoms with van der Waals surface area (Å²) in [5.74, 6) is 0.283. The number of nitrogens with two attached hydrogens (primary N) is 1. The number of hydrogen-bond acceptors (Lipinski definition) is 4. The first-order chi connectivity index (χ1) is 9.59. The van der Waals surface area contributed by atoms with E-state index in [4.69, 9.17) is 17.3 Å². The normalized spacial score (nSPS) is 18.8. The van der Waals surface area contributed by atoms with Gasteiger partial charge >= 0.3 is 0 Å². The number of hydrogen-bond donors (Lipinski definition) is 2. The standard InChI is InChI=1S/C13H12ClN5O/c14-8-4-16-10(15)3-9(8)19-5-7-11(18-19)13(1-2-13)6-17-12(7)20/h3-5H,1-2,6H2,(H2,15,16)(H,17,20). The van der Waals surface area contributed by atoms with Crippen LogP contribution in [0.3, 0.4) is 0 Å². The molecule has 0 unspecified atom stereocenters. The van der Waals surface area contributed by atoms with E-state index in [0.717, 1.165) is 18.5 Å². The van der Waals surface area contributed by atoms with E-state index in [1.54, 1.807) is 16.9 Å². The van der Waals surface area contributed by atoms with E-state index in [0.29, 0.717) is 28.6 Å². The van der Waals surface area contributed by atoms with Crippen LogP contribution in [0.2, 0.25) is 5.02 Å². The summed E-state index contributed by atoms with van der Waals surface area (Å²) in [6.07, 6.45) is 5.32. The Labute approximate surface area is 119 Å². The lowest BCUT2D eigenvalue weighted by Gasteiger charge is -2.20. The number of pyridine rings is 1. The highest BCUT2D eigenvalue weighted by atomic mass is 35.5. The number of anilines is 1. The predicted molar refractivity (Wildman–Crippen MR) is 74.0 cm³/mol. The number of carbonyl (C=O) groups is 1. The lowest BCUT2D eigenvalue weighted by atomic mass is 9.95. The van der Waals surface area contributed by atoms with Crippen molar-refractivity contribution in [3.8, 4) is 5.69 Å². The first kappa shape index (κ1) is 11.7. The Balaban J connectivity index is 1.89. The second-order valence-electron chi connectivity index (χ2n) is 5.36. The van der Waals surface area contributed by atoms with Crippen LogP contribution in [0, 0.1) is 0 Å². The highest BCUT2D eigenvalue weighted by molar-refractivity contribution is 6.32. The van der Waals surface area contributed by atoms with Gasteiger partial charge in [-0.05, 0) is 12.8 Å². The van der Waals surface area contributed by atoms with Crippen molar-refractivity contribution in [2.24, 2.45) is 0 Å². The molecule has 0 bridgehead atoms. The summed E-state index contributed by atoms with van der Waals surface area (Å²) in [4.78, 5) is 15.9. The van der Waals surface area contributed by atoms with E-state index in [-0.39, 0.29) is 11.3 Å². The van der Waals surface area contributed by atoms with Crippen molar-refractivity contribution in [3.63, 3.8) is 0 Å². The zero-order valence-corrected chi connectivity index (χ0v) is 11.3. The fraction of sp³-hybridized carbons (Fsp3) is 0.308. The summed E-state index contributed by atoms with van der Waals surface area (Å²) in [7, 11) is 0. The van der Waals surface area contributed by atoms with Crippen LogP contribution in [0.1, 0.15) is 28.9 Å². The summed E-state index contributed by atoms with van der Waals surface area (Å²) in [5, 5.41) is 7.94. The first-order valence-electron chi connectivity index (χ1n) is 6.39. The molecule has 3 N–H and O–H groups in total. The molecule has 4 rings (SSSR count). The van der Waals surface area contributed by atoms with Gasteiger partial charge in [0.2, 0.25) is 0 Å². The maximum absolute atomic E-state index is 12.0. The summed E-state index contributed by atoms with van der Waals surface area (Å²) in [6, 6.07) is 1.65. The Hall–Kier alpha value is -2.08. The van der Waals surface area contributed by atoms with E-state index < -0.39 is 0 Å². The number of nitrogen functional groups attached to an aromatic ring is 1. The van der Waals surface area contributed by atoms with E-state index in [2.05, 4.69) is 15.4 Å². The number of halogens is 1. The summed E-state index contributed by atoms with van der Waals surface area (Å²) >= 11 is 6.14.